The minimum Gasteiger partial charge on any atom is -0.481 e. The summed E-state index contributed by atoms with van der Waals surface area (Å²) in [7, 11) is 0. The summed E-state index contributed by atoms with van der Waals surface area (Å²) in [5, 5.41) is 11.9. The predicted octanol–water partition coefficient (Wildman–Crippen LogP) is 3.11. The summed E-state index contributed by atoms with van der Waals surface area (Å²) in [4.78, 5) is 23.4. The normalized spacial score (nSPS) is 16.9. The lowest BCUT2D eigenvalue weighted by atomic mass is 9.82. The van der Waals surface area contributed by atoms with Crippen molar-refractivity contribution in [1.82, 2.24) is 0 Å². The molecule has 2 rings (SSSR count). The lowest BCUT2D eigenvalue weighted by Crippen LogP contribution is -2.32. The monoisotopic (exact) mass is 279 g/mol. The second-order valence-electron chi connectivity index (χ2n) is 5.53. The number of hydrogen-bond acceptors (Lipinski definition) is 2. The Kier molecular flexibility index (Phi) is 4.06. The molecule has 0 unspecified atom stereocenters. The number of hydrogen-bond donors (Lipinski definition) is 2. The van der Waals surface area contributed by atoms with Crippen molar-refractivity contribution >= 4 is 17.6 Å². The molecular formula is C15H18FNO3. The zero-order valence-corrected chi connectivity index (χ0v) is 11.4. The number of aryl methyl sites for hydroxylation is 1. The Morgan fingerprint density at radius 3 is 2.50 bits per heavy atom. The lowest BCUT2D eigenvalue weighted by molar-refractivity contribution is -0.150. The fourth-order valence-corrected chi connectivity index (χ4v) is 2.84. The van der Waals surface area contributed by atoms with Crippen LogP contribution in [0.25, 0.3) is 0 Å². The summed E-state index contributed by atoms with van der Waals surface area (Å²) in [6, 6.07) is 4.25. The number of benzene rings is 1. The van der Waals surface area contributed by atoms with Gasteiger partial charge in [-0.25, -0.2) is 4.39 Å². The number of carboxylic acid groups (broad SMARTS) is 1. The molecule has 0 radical (unpaired) electrons. The van der Waals surface area contributed by atoms with E-state index in [4.69, 9.17) is 0 Å². The van der Waals surface area contributed by atoms with Crippen LogP contribution in [0.4, 0.5) is 10.1 Å². The molecule has 1 aromatic carbocycles. The summed E-state index contributed by atoms with van der Waals surface area (Å²) >= 11 is 0. The molecule has 1 aliphatic carbocycles. The molecule has 5 heteroatoms. The second kappa shape index (κ2) is 5.61. The van der Waals surface area contributed by atoms with Crippen molar-refractivity contribution in [3.8, 4) is 0 Å². The Morgan fingerprint density at radius 1 is 1.30 bits per heavy atom. The molecule has 1 saturated carbocycles. The van der Waals surface area contributed by atoms with Crippen molar-refractivity contribution < 1.29 is 19.1 Å². The maximum atomic E-state index is 13.2. The summed E-state index contributed by atoms with van der Waals surface area (Å²) in [5.74, 6) is -1.71. The van der Waals surface area contributed by atoms with Gasteiger partial charge in [0.05, 0.1) is 5.41 Å². The van der Waals surface area contributed by atoms with Crippen LogP contribution in [0.1, 0.15) is 37.7 Å². The highest BCUT2D eigenvalue weighted by Crippen LogP contribution is 2.41. The van der Waals surface area contributed by atoms with E-state index in [1.165, 1.54) is 12.1 Å². The smallest absolute Gasteiger partial charge is 0.310 e. The minimum absolute atomic E-state index is 0.0576. The third-order valence-electron chi connectivity index (χ3n) is 3.84. The van der Waals surface area contributed by atoms with Gasteiger partial charge in [-0.2, -0.15) is 0 Å². The lowest BCUT2D eigenvalue weighted by Gasteiger charge is -2.22. The number of carbonyl (C=O) groups excluding carboxylic acids is 1. The quantitative estimate of drug-likeness (QED) is 0.890. The summed E-state index contributed by atoms with van der Waals surface area (Å²) in [6.07, 6.45) is 2.66. The number of carbonyl (C=O) groups is 2. The molecule has 108 valence electrons. The van der Waals surface area contributed by atoms with Crippen molar-refractivity contribution in [3.05, 3.63) is 29.6 Å². The van der Waals surface area contributed by atoms with Gasteiger partial charge in [-0.1, -0.05) is 12.8 Å². The van der Waals surface area contributed by atoms with Gasteiger partial charge in [0.25, 0.3) is 0 Å². The predicted molar refractivity (Wildman–Crippen MR) is 72.9 cm³/mol. The number of nitrogens with one attached hydrogen (secondary N) is 1. The first-order valence-corrected chi connectivity index (χ1v) is 6.72. The van der Waals surface area contributed by atoms with Crippen LogP contribution in [0.3, 0.4) is 0 Å². The molecule has 0 spiro atoms. The molecule has 1 amide bonds. The van der Waals surface area contributed by atoms with Gasteiger partial charge in [0.2, 0.25) is 5.91 Å². The molecule has 0 aromatic heterocycles. The number of carboxylic acids is 1. The van der Waals surface area contributed by atoms with Gasteiger partial charge >= 0.3 is 5.97 Å². The highest BCUT2D eigenvalue weighted by Gasteiger charge is 2.42. The van der Waals surface area contributed by atoms with E-state index in [0.717, 1.165) is 12.8 Å². The first kappa shape index (κ1) is 14.5. The second-order valence-corrected chi connectivity index (χ2v) is 5.53. The Balaban J connectivity index is 2.06. The van der Waals surface area contributed by atoms with Crippen LogP contribution in [0.15, 0.2) is 18.2 Å². The average molecular weight is 279 g/mol. The molecule has 4 nitrogen and oxygen atoms in total. The molecule has 0 saturated heterocycles. The average Bonchev–Trinajstić information content (AvgIpc) is 2.76. The third-order valence-corrected chi connectivity index (χ3v) is 3.84. The van der Waals surface area contributed by atoms with E-state index < -0.39 is 17.2 Å². The Hall–Kier alpha value is -1.91. The number of aliphatic carboxylic acids is 1. The van der Waals surface area contributed by atoms with Crippen LogP contribution < -0.4 is 5.32 Å². The molecule has 0 bridgehead atoms. The maximum absolute atomic E-state index is 13.2. The van der Waals surface area contributed by atoms with E-state index in [1.54, 1.807) is 13.0 Å². The fourth-order valence-electron chi connectivity index (χ4n) is 2.84. The van der Waals surface area contributed by atoms with Crippen LogP contribution in [-0.2, 0) is 9.59 Å². The molecule has 2 N–H and O–H groups in total. The van der Waals surface area contributed by atoms with E-state index in [-0.39, 0.29) is 12.3 Å². The topological polar surface area (TPSA) is 66.4 Å². The van der Waals surface area contributed by atoms with Crippen molar-refractivity contribution in [2.24, 2.45) is 5.41 Å². The Bertz CT molecular complexity index is 516. The highest BCUT2D eigenvalue weighted by molar-refractivity contribution is 5.94. The minimum atomic E-state index is -0.952. The zero-order valence-electron chi connectivity index (χ0n) is 11.4. The third kappa shape index (κ3) is 3.15. The van der Waals surface area contributed by atoms with Crippen LogP contribution in [-0.4, -0.2) is 17.0 Å². The fraction of sp³-hybridized carbons (Fsp3) is 0.467. The van der Waals surface area contributed by atoms with Gasteiger partial charge in [-0.3, -0.25) is 9.59 Å². The summed E-state index contributed by atoms with van der Waals surface area (Å²) < 4.78 is 13.2. The molecule has 1 aromatic rings. The zero-order chi connectivity index (χ0) is 14.8. The SMILES string of the molecule is Cc1cc(F)cc(NC(=O)CC2(C(=O)O)CCCC2)c1. The molecule has 1 aliphatic rings. The van der Waals surface area contributed by atoms with Gasteiger partial charge in [0.15, 0.2) is 0 Å². The molecule has 0 atom stereocenters. The van der Waals surface area contributed by atoms with Gasteiger partial charge in [0.1, 0.15) is 5.82 Å². The molecular weight excluding hydrogens is 261 g/mol. The van der Waals surface area contributed by atoms with Crippen LogP contribution in [0.5, 0.6) is 0 Å². The van der Waals surface area contributed by atoms with E-state index in [9.17, 15) is 19.1 Å². The number of anilines is 1. The molecule has 1 fully saturated rings. The Labute approximate surface area is 117 Å². The van der Waals surface area contributed by atoms with Crippen LogP contribution >= 0.6 is 0 Å². The van der Waals surface area contributed by atoms with Crippen molar-refractivity contribution in [1.29, 1.82) is 0 Å². The summed E-state index contributed by atoms with van der Waals surface area (Å²) in [6.45, 7) is 1.73. The van der Waals surface area contributed by atoms with E-state index >= 15 is 0 Å². The Morgan fingerprint density at radius 2 is 1.95 bits per heavy atom. The number of amides is 1. The van der Waals surface area contributed by atoms with Crippen molar-refractivity contribution in [2.45, 2.75) is 39.0 Å². The van der Waals surface area contributed by atoms with E-state index in [0.29, 0.717) is 24.1 Å². The highest BCUT2D eigenvalue weighted by atomic mass is 19.1. The van der Waals surface area contributed by atoms with Crippen LogP contribution in [0.2, 0.25) is 0 Å². The van der Waals surface area contributed by atoms with Gasteiger partial charge in [0, 0.05) is 12.1 Å². The standard InChI is InChI=1S/C15H18FNO3/c1-10-6-11(16)8-12(7-10)17-13(18)9-15(14(19)20)4-2-3-5-15/h6-8H,2-5,9H2,1H3,(H,17,18)(H,19,20). The maximum Gasteiger partial charge on any atom is 0.310 e. The molecule has 0 heterocycles. The largest absolute Gasteiger partial charge is 0.481 e. The number of rotatable bonds is 4. The molecule has 20 heavy (non-hydrogen) atoms. The van der Waals surface area contributed by atoms with Crippen LogP contribution in [0, 0.1) is 18.2 Å². The summed E-state index contributed by atoms with van der Waals surface area (Å²) in [5.41, 5.74) is 0.118. The first-order chi connectivity index (χ1) is 9.41. The van der Waals surface area contributed by atoms with Crippen molar-refractivity contribution in [3.63, 3.8) is 0 Å². The first-order valence-electron chi connectivity index (χ1n) is 6.72. The van der Waals surface area contributed by atoms with Gasteiger partial charge < -0.3 is 10.4 Å². The molecule has 0 aliphatic heterocycles. The van der Waals surface area contributed by atoms with Crippen molar-refractivity contribution in [2.75, 3.05) is 5.32 Å². The number of halogens is 1. The van der Waals surface area contributed by atoms with E-state index in [2.05, 4.69) is 5.32 Å². The van der Waals surface area contributed by atoms with Gasteiger partial charge in [-0.15, -0.1) is 0 Å². The van der Waals surface area contributed by atoms with Gasteiger partial charge in [-0.05, 0) is 43.5 Å². The van der Waals surface area contributed by atoms with E-state index in [1.807, 2.05) is 0 Å².